The number of ether oxygens (including phenoxy) is 1. The van der Waals surface area contributed by atoms with Gasteiger partial charge >= 0.3 is 11.7 Å². The summed E-state index contributed by atoms with van der Waals surface area (Å²) in [5.41, 5.74) is 1.00. The van der Waals surface area contributed by atoms with Crippen molar-refractivity contribution < 1.29 is 23.7 Å². The van der Waals surface area contributed by atoms with E-state index < -0.39 is 35.7 Å². The molecule has 0 atom stereocenters. The zero-order valence-corrected chi connectivity index (χ0v) is 14.7. The minimum atomic E-state index is -0.830. The number of anilines is 1. The fraction of sp³-hybridized carbons (Fsp3) is 0.167. The molecule has 0 aliphatic heterocycles. The number of carbonyl (C=O) groups excluding carboxylic acids is 2. The highest BCUT2D eigenvalue weighted by Gasteiger charge is 2.19. The number of nitrogens with one attached hydrogen (secondary N) is 1. The van der Waals surface area contributed by atoms with Gasteiger partial charge in [0.25, 0.3) is 11.6 Å². The molecule has 0 aliphatic carbocycles. The Bertz CT molecular complexity index is 1130. The van der Waals surface area contributed by atoms with Gasteiger partial charge in [-0.15, -0.1) is 0 Å². The molecule has 10 nitrogen and oxygen atoms in total. The normalized spacial score (nSPS) is 10.6. The van der Waals surface area contributed by atoms with Crippen molar-refractivity contribution in [2.24, 2.45) is 0 Å². The monoisotopic (exact) mass is 385 g/mol. The number of hydrogen-bond donors (Lipinski definition) is 1. The largest absolute Gasteiger partial charge is 0.454 e. The predicted molar refractivity (Wildman–Crippen MR) is 97.9 cm³/mol. The molecule has 0 bridgehead atoms. The molecular weight excluding hydrogens is 370 g/mol. The van der Waals surface area contributed by atoms with Gasteiger partial charge in [-0.3, -0.25) is 24.3 Å². The summed E-state index contributed by atoms with van der Waals surface area (Å²) in [6, 6.07) is 10.9. The zero-order chi connectivity index (χ0) is 20.3. The molecular formula is C18H15N3O7. The van der Waals surface area contributed by atoms with Crippen LogP contribution < -0.4 is 11.1 Å². The molecule has 0 unspecified atom stereocenters. The molecule has 3 aromatic rings. The number of rotatable bonds is 6. The fourth-order valence-electron chi connectivity index (χ4n) is 2.63. The molecule has 144 valence electrons. The van der Waals surface area contributed by atoms with Crippen LogP contribution in [0.5, 0.6) is 0 Å². The van der Waals surface area contributed by atoms with Gasteiger partial charge in [0.15, 0.2) is 12.2 Å². The Morgan fingerprint density at radius 3 is 2.71 bits per heavy atom. The highest BCUT2D eigenvalue weighted by atomic mass is 16.6. The number of esters is 1. The Morgan fingerprint density at radius 1 is 1.21 bits per heavy atom. The van der Waals surface area contributed by atoms with Crippen molar-refractivity contribution in [1.29, 1.82) is 0 Å². The second-order valence-electron chi connectivity index (χ2n) is 5.86. The quantitative estimate of drug-likeness (QED) is 0.389. The topological polar surface area (TPSA) is 134 Å². The molecule has 2 aromatic carbocycles. The first-order valence-corrected chi connectivity index (χ1v) is 8.14. The maximum absolute atomic E-state index is 12.0. The van der Waals surface area contributed by atoms with E-state index in [4.69, 9.17) is 9.15 Å². The molecule has 10 heteroatoms. The molecule has 3 rings (SSSR count). The van der Waals surface area contributed by atoms with Gasteiger partial charge in [-0.2, -0.15) is 0 Å². The second kappa shape index (κ2) is 7.74. The van der Waals surface area contributed by atoms with Crippen molar-refractivity contribution in [3.8, 4) is 0 Å². The van der Waals surface area contributed by atoms with Gasteiger partial charge in [0, 0.05) is 6.07 Å². The summed E-state index contributed by atoms with van der Waals surface area (Å²) < 4.78 is 11.0. The number of aromatic nitrogens is 1. The van der Waals surface area contributed by atoms with Crippen molar-refractivity contribution in [2.45, 2.75) is 13.5 Å². The first kappa shape index (κ1) is 18.8. The maximum Gasteiger partial charge on any atom is 0.420 e. The van der Waals surface area contributed by atoms with Crippen LogP contribution in [0.25, 0.3) is 11.1 Å². The molecule has 28 heavy (non-hydrogen) atoms. The van der Waals surface area contributed by atoms with E-state index in [2.05, 4.69) is 5.32 Å². The molecule has 1 N–H and O–H groups in total. The summed E-state index contributed by atoms with van der Waals surface area (Å²) in [7, 11) is 0. The van der Waals surface area contributed by atoms with Gasteiger partial charge in [0.2, 0.25) is 0 Å². The van der Waals surface area contributed by atoms with Crippen LogP contribution in [0.3, 0.4) is 0 Å². The van der Waals surface area contributed by atoms with Crippen molar-refractivity contribution in [3.05, 3.63) is 68.7 Å². The van der Waals surface area contributed by atoms with E-state index in [9.17, 15) is 24.5 Å². The summed E-state index contributed by atoms with van der Waals surface area (Å²) in [6.45, 7) is 0.507. The molecule has 0 aliphatic rings. The Morgan fingerprint density at radius 2 is 1.96 bits per heavy atom. The Balaban J connectivity index is 1.64. The van der Waals surface area contributed by atoms with Gasteiger partial charge in [0.1, 0.15) is 12.2 Å². The third-order valence-electron chi connectivity index (χ3n) is 3.94. The summed E-state index contributed by atoms with van der Waals surface area (Å²) in [6.07, 6.45) is 0. The predicted octanol–water partition coefficient (Wildman–Crippen LogP) is 1.99. The van der Waals surface area contributed by atoms with E-state index in [1.165, 1.54) is 12.1 Å². The number of nitro groups is 1. The zero-order valence-electron chi connectivity index (χ0n) is 14.7. The number of nitrogens with zero attached hydrogens (tertiary/aromatic N) is 2. The lowest BCUT2D eigenvalue weighted by atomic mass is 10.1. The third kappa shape index (κ3) is 3.90. The third-order valence-corrected chi connectivity index (χ3v) is 3.94. The molecule has 0 fully saturated rings. The number of hydrogen-bond acceptors (Lipinski definition) is 7. The molecule has 0 radical (unpaired) electrons. The lowest BCUT2D eigenvalue weighted by Crippen LogP contribution is -2.26. The SMILES string of the molecule is Cc1cccc([N+](=O)[O-])c1NC(=O)COC(=O)Cn1c(=O)oc2ccccc21. The van der Waals surface area contributed by atoms with Crippen molar-refractivity contribution in [2.75, 3.05) is 11.9 Å². The number of fused-ring (bicyclic) bond motifs is 1. The Hall–Kier alpha value is -3.95. The summed E-state index contributed by atoms with van der Waals surface area (Å²) >= 11 is 0. The number of para-hydroxylation sites is 3. The summed E-state index contributed by atoms with van der Waals surface area (Å²) in [4.78, 5) is 46.3. The maximum atomic E-state index is 12.0. The van der Waals surface area contributed by atoms with Crippen molar-refractivity contribution in [3.63, 3.8) is 0 Å². The van der Waals surface area contributed by atoms with Crippen molar-refractivity contribution >= 4 is 34.4 Å². The first-order chi connectivity index (χ1) is 13.4. The first-order valence-electron chi connectivity index (χ1n) is 8.14. The van der Waals surface area contributed by atoms with Gasteiger partial charge in [0.05, 0.1) is 10.4 Å². The molecule has 0 saturated carbocycles. The van der Waals surface area contributed by atoms with Gasteiger partial charge in [-0.05, 0) is 24.6 Å². The number of amides is 1. The van der Waals surface area contributed by atoms with E-state index in [0.717, 1.165) is 4.57 Å². The number of aryl methyl sites for hydroxylation is 1. The van der Waals surface area contributed by atoms with Gasteiger partial charge in [-0.25, -0.2) is 4.79 Å². The Labute approximate surface area is 157 Å². The number of nitro benzene ring substituents is 1. The van der Waals surface area contributed by atoms with Crippen molar-refractivity contribution in [1.82, 2.24) is 4.57 Å². The van der Waals surface area contributed by atoms with Crippen LogP contribution in [0.2, 0.25) is 0 Å². The average molecular weight is 385 g/mol. The minimum absolute atomic E-state index is 0.0330. The molecule has 0 spiro atoms. The van der Waals surface area contributed by atoms with Gasteiger partial charge in [-0.1, -0.05) is 24.3 Å². The number of oxazole rings is 1. The van der Waals surface area contributed by atoms with Crippen LogP contribution in [-0.2, 0) is 20.9 Å². The summed E-state index contributed by atoms with van der Waals surface area (Å²) in [5.74, 6) is -2.30. The van der Waals surface area contributed by atoms with Crippen LogP contribution in [-0.4, -0.2) is 28.0 Å². The lowest BCUT2D eigenvalue weighted by Gasteiger charge is -2.09. The fourth-order valence-corrected chi connectivity index (χ4v) is 2.63. The van der Waals surface area contributed by atoms with Crippen LogP contribution >= 0.6 is 0 Å². The van der Waals surface area contributed by atoms with E-state index in [1.807, 2.05) is 0 Å². The number of benzene rings is 2. The average Bonchev–Trinajstić information content (AvgIpc) is 2.97. The van der Waals surface area contributed by atoms with Crippen LogP contribution in [0.1, 0.15) is 5.56 Å². The molecule has 0 saturated heterocycles. The van der Waals surface area contributed by atoms with Crippen LogP contribution in [0.15, 0.2) is 51.7 Å². The molecule has 1 heterocycles. The van der Waals surface area contributed by atoms with E-state index >= 15 is 0 Å². The summed E-state index contributed by atoms with van der Waals surface area (Å²) in [5, 5.41) is 13.4. The smallest absolute Gasteiger partial charge is 0.420 e. The highest BCUT2D eigenvalue weighted by Crippen LogP contribution is 2.27. The minimum Gasteiger partial charge on any atom is -0.454 e. The van der Waals surface area contributed by atoms with Crippen LogP contribution in [0.4, 0.5) is 11.4 Å². The highest BCUT2D eigenvalue weighted by molar-refractivity contribution is 5.95. The second-order valence-corrected chi connectivity index (χ2v) is 5.86. The Kier molecular flexibility index (Phi) is 5.21. The van der Waals surface area contributed by atoms with Gasteiger partial charge < -0.3 is 14.5 Å². The standard InChI is InChI=1S/C18H15N3O7/c1-11-5-4-7-13(21(25)26)17(11)19-15(22)10-27-16(23)9-20-12-6-2-3-8-14(12)28-18(20)24/h2-8H,9-10H2,1H3,(H,19,22). The lowest BCUT2D eigenvalue weighted by molar-refractivity contribution is -0.384. The van der Waals surface area contributed by atoms with E-state index in [0.29, 0.717) is 16.7 Å². The van der Waals surface area contributed by atoms with E-state index in [-0.39, 0.29) is 11.4 Å². The van der Waals surface area contributed by atoms with Crippen LogP contribution in [0, 0.1) is 17.0 Å². The molecule has 1 aromatic heterocycles. The number of carbonyl (C=O) groups is 2. The van der Waals surface area contributed by atoms with E-state index in [1.54, 1.807) is 37.3 Å². The molecule has 1 amide bonds.